The third-order valence-electron chi connectivity index (χ3n) is 3.96. The fourth-order valence-electron chi connectivity index (χ4n) is 2.78. The van der Waals surface area contributed by atoms with Gasteiger partial charge in [0.15, 0.2) is 0 Å². The van der Waals surface area contributed by atoms with Crippen molar-refractivity contribution in [3.63, 3.8) is 0 Å². The molecule has 0 spiro atoms. The lowest BCUT2D eigenvalue weighted by molar-refractivity contribution is -0.139. The highest BCUT2D eigenvalue weighted by atomic mass is 16.5. The molecule has 1 fully saturated rings. The average Bonchev–Trinajstić information content (AvgIpc) is 2.97. The van der Waals surface area contributed by atoms with E-state index in [0.717, 1.165) is 5.69 Å². The number of aromatic nitrogens is 4. The van der Waals surface area contributed by atoms with Gasteiger partial charge in [0.05, 0.1) is 24.5 Å². The SMILES string of the molecule is Cc1ccn(CCC(=O)N2CCO[C@H](c3cc(=O)[nH]c(C)n3)C2)n1. The Morgan fingerprint density at radius 2 is 2.29 bits per heavy atom. The number of hydrogen-bond acceptors (Lipinski definition) is 5. The molecular weight excluding hydrogens is 310 g/mol. The van der Waals surface area contributed by atoms with Crippen molar-refractivity contribution < 1.29 is 9.53 Å². The van der Waals surface area contributed by atoms with Gasteiger partial charge in [-0.1, -0.05) is 0 Å². The molecule has 1 amide bonds. The zero-order valence-electron chi connectivity index (χ0n) is 13.9. The molecule has 0 saturated carbocycles. The number of aromatic amines is 1. The summed E-state index contributed by atoms with van der Waals surface area (Å²) in [5.74, 6) is 0.594. The fourth-order valence-corrected chi connectivity index (χ4v) is 2.78. The number of amides is 1. The minimum absolute atomic E-state index is 0.0537. The number of morpholine rings is 1. The van der Waals surface area contributed by atoms with Crippen LogP contribution in [-0.4, -0.2) is 50.3 Å². The highest BCUT2D eigenvalue weighted by molar-refractivity contribution is 5.76. The van der Waals surface area contributed by atoms with E-state index < -0.39 is 0 Å². The monoisotopic (exact) mass is 331 g/mol. The minimum atomic E-state index is -0.365. The van der Waals surface area contributed by atoms with Gasteiger partial charge in [0.1, 0.15) is 11.9 Å². The second kappa shape index (κ2) is 6.96. The summed E-state index contributed by atoms with van der Waals surface area (Å²) in [6.45, 7) is 5.59. The first kappa shape index (κ1) is 16.4. The Morgan fingerprint density at radius 3 is 3.00 bits per heavy atom. The van der Waals surface area contributed by atoms with Crippen molar-refractivity contribution >= 4 is 5.91 Å². The van der Waals surface area contributed by atoms with Gasteiger partial charge >= 0.3 is 0 Å². The Balaban J connectivity index is 1.62. The molecule has 2 aromatic heterocycles. The van der Waals surface area contributed by atoms with Crippen molar-refractivity contribution in [2.45, 2.75) is 32.9 Å². The Morgan fingerprint density at radius 1 is 1.46 bits per heavy atom. The summed E-state index contributed by atoms with van der Waals surface area (Å²) >= 11 is 0. The average molecular weight is 331 g/mol. The summed E-state index contributed by atoms with van der Waals surface area (Å²) in [5, 5.41) is 4.28. The van der Waals surface area contributed by atoms with E-state index in [1.54, 1.807) is 16.5 Å². The van der Waals surface area contributed by atoms with Gasteiger partial charge in [-0.2, -0.15) is 5.10 Å². The number of carbonyl (C=O) groups is 1. The molecule has 8 heteroatoms. The Kier molecular flexibility index (Phi) is 4.75. The van der Waals surface area contributed by atoms with Crippen molar-refractivity contribution in [2.24, 2.45) is 0 Å². The van der Waals surface area contributed by atoms with Crippen LogP contribution in [0.1, 0.15) is 29.7 Å². The number of ether oxygens (including phenoxy) is 1. The third-order valence-corrected chi connectivity index (χ3v) is 3.96. The lowest BCUT2D eigenvalue weighted by Crippen LogP contribution is -2.43. The van der Waals surface area contributed by atoms with Crippen LogP contribution < -0.4 is 5.56 Å². The number of H-pyrrole nitrogens is 1. The summed E-state index contributed by atoms with van der Waals surface area (Å²) in [5.41, 5.74) is 1.29. The molecule has 2 aromatic rings. The van der Waals surface area contributed by atoms with E-state index in [0.29, 0.717) is 44.2 Å². The van der Waals surface area contributed by atoms with Crippen molar-refractivity contribution in [1.29, 1.82) is 0 Å². The molecule has 0 bridgehead atoms. The number of nitrogens with one attached hydrogen (secondary N) is 1. The van der Waals surface area contributed by atoms with E-state index in [1.807, 2.05) is 19.2 Å². The zero-order valence-corrected chi connectivity index (χ0v) is 13.9. The molecular formula is C16H21N5O3. The molecule has 1 aliphatic rings. The van der Waals surface area contributed by atoms with Crippen LogP contribution in [0.3, 0.4) is 0 Å². The molecule has 0 radical (unpaired) electrons. The predicted octanol–water partition coefficient (Wildman–Crippen LogP) is 0.573. The molecule has 0 unspecified atom stereocenters. The highest BCUT2D eigenvalue weighted by Crippen LogP contribution is 2.20. The molecule has 1 saturated heterocycles. The molecule has 8 nitrogen and oxygen atoms in total. The van der Waals surface area contributed by atoms with Crippen molar-refractivity contribution in [2.75, 3.05) is 19.7 Å². The number of rotatable bonds is 4. The van der Waals surface area contributed by atoms with Crippen LogP contribution >= 0.6 is 0 Å². The van der Waals surface area contributed by atoms with Crippen LogP contribution in [-0.2, 0) is 16.1 Å². The second-order valence-electron chi connectivity index (χ2n) is 5.93. The number of hydrogen-bond donors (Lipinski definition) is 1. The van der Waals surface area contributed by atoms with Gasteiger partial charge in [0, 0.05) is 31.8 Å². The molecule has 0 aromatic carbocycles. The van der Waals surface area contributed by atoms with Crippen molar-refractivity contribution in [1.82, 2.24) is 24.6 Å². The minimum Gasteiger partial charge on any atom is -0.368 e. The van der Waals surface area contributed by atoms with Crippen LogP contribution in [0.25, 0.3) is 0 Å². The quantitative estimate of drug-likeness (QED) is 0.884. The van der Waals surface area contributed by atoms with E-state index in [9.17, 15) is 9.59 Å². The highest BCUT2D eigenvalue weighted by Gasteiger charge is 2.26. The van der Waals surface area contributed by atoms with E-state index in [1.165, 1.54) is 6.07 Å². The Bertz CT molecular complexity index is 782. The second-order valence-corrected chi connectivity index (χ2v) is 5.93. The standard InChI is InChI=1S/C16H21N5O3/c1-11-3-5-21(19-11)6-4-16(23)20-7-8-24-14(10-20)13-9-15(22)18-12(2)17-13/h3,5,9,14H,4,6-8,10H2,1-2H3,(H,17,18,22)/t14-/m0/s1. The first-order valence-corrected chi connectivity index (χ1v) is 7.98. The predicted molar refractivity (Wildman–Crippen MR) is 86.4 cm³/mol. The normalized spacial score (nSPS) is 17.9. The third kappa shape index (κ3) is 3.88. The number of aryl methyl sites for hydroxylation is 3. The van der Waals surface area contributed by atoms with Gasteiger partial charge in [0.2, 0.25) is 5.91 Å². The number of carbonyl (C=O) groups excluding carboxylic acids is 1. The van der Waals surface area contributed by atoms with Crippen LogP contribution in [0.5, 0.6) is 0 Å². The van der Waals surface area contributed by atoms with Crippen LogP contribution in [0, 0.1) is 13.8 Å². The maximum absolute atomic E-state index is 12.4. The van der Waals surface area contributed by atoms with Gasteiger partial charge in [-0.25, -0.2) is 4.98 Å². The molecule has 24 heavy (non-hydrogen) atoms. The fraction of sp³-hybridized carbons (Fsp3) is 0.500. The van der Waals surface area contributed by atoms with Gasteiger partial charge < -0.3 is 14.6 Å². The largest absolute Gasteiger partial charge is 0.368 e. The topological polar surface area (TPSA) is 93.1 Å². The first-order chi connectivity index (χ1) is 11.5. The lowest BCUT2D eigenvalue weighted by Gasteiger charge is -2.32. The van der Waals surface area contributed by atoms with Crippen LogP contribution in [0.2, 0.25) is 0 Å². The van der Waals surface area contributed by atoms with E-state index in [2.05, 4.69) is 15.1 Å². The molecule has 3 heterocycles. The molecule has 3 rings (SSSR count). The van der Waals surface area contributed by atoms with Gasteiger partial charge in [-0.05, 0) is 19.9 Å². The summed E-state index contributed by atoms with van der Waals surface area (Å²) in [6, 6.07) is 3.34. The zero-order chi connectivity index (χ0) is 17.1. The van der Waals surface area contributed by atoms with Gasteiger partial charge in [-0.3, -0.25) is 14.3 Å². The van der Waals surface area contributed by atoms with E-state index >= 15 is 0 Å². The summed E-state index contributed by atoms with van der Waals surface area (Å²) in [4.78, 5) is 32.7. The summed E-state index contributed by atoms with van der Waals surface area (Å²) in [7, 11) is 0. The maximum Gasteiger partial charge on any atom is 0.251 e. The molecule has 1 aliphatic heterocycles. The summed E-state index contributed by atoms with van der Waals surface area (Å²) < 4.78 is 7.46. The van der Waals surface area contributed by atoms with E-state index in [4.69, 9.17) is 4.74 Å². The van der Waals surface area contributed by atoms with Crippen molar-refractivity contribution in [3.8, 4) is 0 Å². The number of nitrogens with zero attached hydrogens (tertiary/aromatic N) is 4. The van der Waals surface area contributed by atoms with Crippen LogP contribution in [0.15, 0.2) is 23.1 Å². The Hall–Kier alpha value is -2.48. The smallest absolute Gasteiger partial charge is 0.251 e. The van der Waals surface area contributed by atoms with Crippen molar-refractivity contribution in [3.05, 3.63) is 45.9 Å². The molecule has 1 atom stereocenters. The first-order valence-electron chi connectivity index (χ1n) is 7.98. The van der Waals surface area contributed by atoms with Crippen LogP contribution in [0.4, 0.5) is 0 Å². The molecule has 1 N–H and O–H groups in total. The lowest BCUT2D eigenvalue weighted by atomic mass is 10.2. The van der Waals surface area contributed by atoms with Gasteiger partial charge in [-0.15, -0.1) is 0 Å². The molecule has 0 aliphatic carbocycles. The Labute approximate surface area is 139 Å². The summed E-state index contributed by atoms with van der Waals surface area (Å²) in [6.07, 6.45) is 1.89. The maximum atomic E-state index is 12.4. The van der Waals surface area contributed by atoms with E-state index in [-0.39, 0.29) is 17.6 Å². The van der Waals surface area contributed by atoms with Gasteiger partial charge in [0.25, 0.3) is 5.56 Å². The molecule has 128 valence electrons.